The van der Waals surface area contributed by atoms with E-state index in [1.807, 2.05) is 0 Å². The molecule has 0 unspecified atom stereocenters. The van der Waals surface area contributed by atoms with E-state index in [1.54, 1.807) is 7.11 Å². The molecule has 0 radical (unpaired) electrons. The Morgan fingerprint density at radius 3 is 1.52 bits per heavy atom. The number of carbonyl (C=O) groups is 1. The Balaban J connectivity index is 3.48. The van der Waals surface area contributed by atoms with Crippen LogP contribution in [-0.2, 0) is 28.5 Å². The van der Waals surface area contributed by atoms with Gasteiger partial charge in [0.15, 0.2) is 0 Å². The molecule has 0 aliphatic carbocycles. The normalized spacial score (nSPS) is 12.4. The number of alkyl halides is 5. The largest absolute Gasteiger partial charge is 0.465 e. The third-order valence-corrected chi connectivity index (χ3v) is 2.25. The van der Waals surface area contributed by atoms with Crippen molar-refractivity contribution in [3.8, 4) is 0 Å². The average molecular weight is 354 g/mol. The number of methoxy groups -OCH3 is 1. The monoisotopic (exact) mass is 354 g/mol. The summed E-state index contributed by atoms with van der Waals surface area (Å²) in [6.07, 6.45) is -5.98. The second-order valence-electron chi connectivity index (χ2n) is 4.04. The van der Waals surface area contributed by atoms with Gasteiger partial charge in [0.25, 0.3) is 0 Å². The summed E-state index contributed by atoms with van der Waals surface area (Å²) in [5.41, 5.74) is 0. The van der Waals surface area contributed by atoms with Gasteiger partial charge in [0.1, 0.15) is 6.61 Å². The lowest BCUT2D eigenvalue weighted by atomic mass is 10.3. The lowest BCUT2D eigenvalue weighted by Crippen LogP contribution is -2.45. The maximum Gasteiger partial charge on any atom is 0.465 e. The van der Waals surface area contributed by atoms with Crippen molar-refractivity contribution < 1.29 is 50.4 Å². The first-order valence-electron chi connectivity index (χ1n) is 6.57. The number of ether oxygens (including phenoxy) is 5. The van der Waals surface area contributed by atoms with Gasteiger partial charge in [-0.05, 0) is 0 Å². The van der Waals surface area contributed by atoms with E-state index in [0.29, 0.717) is 26.4 Å². The highest BCUT2D eigenvalue weighted by Gasteiger charge is 2.64. The van der Waals surface area contributed by atoms with Gasteiger partial charge < -0.3 is 23.7 Å². The average Bonchev–Trinajstić information content (AvgIpc) is 2.47. The van der Waals surface area contributed by atoms with Gasteiger partial charge in [0.2, 0.25) is 0 Å². The van der Waals surface area contributed by atoms with E-state index in [2.05, 4.69) is 4.74 Å². The van der Waals surface area contributed by atoms with Crippen LogP contribution in [-0.4, -0.2) is 78.0 Å². The van der Waals surface area contributed by atoms with E-state index in [-0.39, 0.29) is 19.8 Å². The topological polar surface area (TPSA) is 63.2 Å². The third-order valence-electron chi connectivity index (χ3n) is 2.25. The second kappa shape index (κ2) is 11.5. The van der Waals surface area contributed by atoms with Crippen LogP contribution < -0.4 is 0 Å². The zero-order valence-corrected chi connectivity index (χ0v) is 12.5. The van der Waals surface area contributed by atoms with Crippen molar-refractivity contribution in [2.24, 2.45) is 0 Å². The Bertz CT molecular complexity index is 324. The van der Waals surface area contributed by atoms with Crippen molar-refractivity contribution in [2.75, 3.05) is 60.0 Å². The fourth-order valence-corrected chi connectivity index (χ4v) is 1.08. The Labute approximate surface area is 129 Å². The Morgan fingerprint density at radius 2 is 1.13 bits per heavy atom. The molecule has 0 aromatic rings. The van der Waals surface area contributed by atoms with Gasteiger partial charge in [-0.3, -0.25) is 0 Å². The van der Waals surface area contributed by atoms with Gasteiger partial charge in [0.05, 0.1) is 46.2 Å². The summed E-state index contributed by atoms with van der Waals surface area (Å²) in [7, 11) is 1.54. The molecule has 0 heterocycles. The van der Waals surface area contributed by atoms with Gasteiger partial charge in [-0.15, -0.1) is 0 Å². The zero-order chi connectivity index (χ0) is 17.8. The molecule has 0 bridgehead atoms. The van der Waals surface area contributed by atoms with E-state index in [0.717, 1.165) is 0 Å². The van der Waals surface area contributed by atoms with Crippen LogP contribution >= 0.6 is 0 Å². The molecule has 0 rings (SSSR count). The molecule has 0 amide bonds. The Hall–Kier alpha value is -1.04. The van der Waals surface area contributed by atoms with Gasteiger partial charge in [-0.1, -0.05) is 0 Å². The first-order valence-corrected chi connectivity index (χ1v) is 6.57. The van der Waals surface area contributed by atoms with Crippen molar-refractivity contribution in [1.29, 1.82) is 0 Å². The fraction of sp³-hybridized carbons (Fsp3) is 0.917. The van der Waals surface area contributed by atoms with Crippen LogP contribution in [0.15, 0.2) is 0 Å². The predicted octanol–water partition coefficient (Wildman–Crippen LogP) is 1.42. The predicted molar refractivity (Wildman–Crippen MR) is 66.3 cm³/mol. The van der Waals surface area contributed by atoms with E-state index < -0.39 is 24.7 Å². The first-order chi connectivity index (χ1) is 10.7. The molecule has 138 valence electrons. The van der Waals surface area contributed by atoms with Gasteiger partial charge in [0, 0.05) is 7.11 Å². The maximum atomic E-state index is 12.5. The van der Waals surface area contributed by atoms with Crippen molar-refractivity contribution in [1.82, 2.24) is 0 Å². The second-order valence-corrected chi connectivity index (χ2v) is 4.04. The molecule has 0 N–H and O–H groups in total. The first kappa shape index (κ1) is 22.0. The van der Waals surface area contributed by atoms with E-state index in [4.69, 9.17) is 18.9 Å². The molecule has 0 saturated heterocycles. The summed E-state index contributed by atoms with van der Waals surface area (Å²) in [5, 5.41) is 0. The quantitative estimate of drug-likeness (QED) is 0.283. The Morgan fingerprint density at radius 1 is 0.739 bits per heavy atom. The molecule has 0 aromatic heterocycles. The highest BCUT2D eigenvalue weighted by molar-refractivity contribution is 5.78. The van der Waals surface area contributed by atoms with Crippen LogP contribution in [0.5, 0.6) is 0 Å². The smallest absolute Gasteiger partial charge is 0.459 e. The molecular formula is C12H19F5O6. The van der Waals surface area contributed by atoms with Gasteiger partial charge >= 0.3 is 18.1 Å². The SMILES string of the molecule is COCCOCCOCCOCCOC(=O)C(F)(F)C(F)(F)F. The molecule has 0 spiro atoms. The minimum Gasteiger partial charge on any atom is -0.459 e. The lowest BCUT2D eigenvalue weighted by molar-refractivity contribution is -0.280. The molecule has 0 saturated carbocycles. The molecule has 0 aromatic carbocycles. The lowest BCUT2D eigenvalue weighted by Gasteiger charge is -2.17. The number of hydrogen-bond donors (Lipinski definition) is 0. The molecule has 0 aliphatic rings. The van der Waals surface area contributed by atoms with Crippen molar-refractivity contribution >= 4 is 5.97 Å². The van der Waals surface area contributed by atoms with Crippen LogP contribution in [0.4, 0.5) is 22.0 Å². The fourth-order valence-electron chi connectivity index (χ4n) is 1.08. The van der Waals surface area contributed by atoms with Crippen LogP contribution in [0.25, 0.3) is 0 Å². The van der Waals surface area contributed by atoms with E-state index in [9.17, 15) is 26.7 Å². The molecule has 0 fully saturated rings. The standard InChI is InChI=1S/C12H19F5O6/c1-19-2-3-20-4-5-21-6-7-22-8-9-23-10(18)11(13,14)12(15,16)17/h2-9H2,1H3. The molecule has 11 heteroatoms. The summed E-state index contributed by atoms with van der Waals surface area (Å²) in [5.74, 6) is -8.18. The number of esters is 1. The molecule has 0 aliphatic heterocycles. The maximum absolute atomic E-state index is 12.5. The summed E-state index contributed by atoms with van der Waals surface area (Å²) in [6, 6.07) is 0. The number of hydrogen-bond acceptors (Lipinski definition) is 6. The molecule has 6 nitrogen and oxygen atoms in total. The van der Waals surface area contributed by atoms with Gasteiger partial charge in [-0.25, -0.2) is 4.79 Å². The van der Waals surface area contributed by atoms with Crippen molar-refractivity contribution in [3.05, 3.63) is 0 Å². The Kier molecular flexibility index (Phi) is 11.0. The summed E-state index contributed by atoms with van der Waals surface area (Å²) >= 11 is 0. The summed E-state index contributed by atoms with van der Waals surface area (Å²) in [6.45, 7) is 0.746. The number of rotatable bonds is 13. The van der Waals surface area contributed by atoms with Crippen LogP contribution in [0.1, 0.15) is 0 Å². The van der Waals surface area contributed by atoms with E-state index >= 15 is 0 Å². The zero-order valence-electron chi connectivity index (χ0n) is 12.5. The number of carbonyl (C=O) groups excluding carboxylic acids is 1. The van der Waals surface area contributed by atoms with Crippen LogP contribution in [0.3, 0.4) is 0 Å². The summed E-state index contributed by atoms with van der Waals surface area (Å²) < 4.78 is 83.9. The van der Waals surface area contributed by atoms with Crippen molar-refractivity contribution in [2.45, 2.75) is 12.1 Å². The van der Waals surface area contributed by atoms with Crippen LogP contribution in [0, 0.1) is 0 Å². The number of halogens is 5. The van der Waals surface area contributed by atoms with Crippen LogP contribution in [0.2, 0.25) is 0 Å². The van der Waals surface area contributed by atoms with Gasteiger partial charge in [-0.2, -0.15) is 22.0 Å². The minimum absolute atomic E-state index is 0.0608. The van der Waals surface area contributed by atoms with E-state index in [1.165, 1.54) is 0 Å². The summed E-state index contributed by atoms with van der Waals surface area (Å²) in [4.78, 5) is 10.6. The highest BCUT2D eigenvalue weighted by atomic mass is 19.4. The molecule has 23 heavy (non-hydrogen) atoms. The minimum atomic E-state index is -5.98. The molecular weight excluding hydrogens is 335 g/mol. The highest BCUT2D eigenvalue weighted by Crippen LogP contribution is 2.36. The third kappa shape index (κ3) is 9.64. The molecule has 0 atom stereocenters. The van der Waals surface area contributed by atoms with Crippen molar-refractivity contribution in [3.63, 3.8) is 0 Å².